The molecule has 1 aliphatic rings. The second-order valence-corrected chi connectivity index (χ2v) is 7.20. The number of hydrogen-bond acceptors (Lipinski definition) is 3. The fourth-order valence-electron chi connectivity index (χ4n) is 3.24. The minimum Gasteiger partial charge on any atom is -0.343 e. The minimum absolute atomic E-state index is 0.0538. The van der Waals surface area contributed by atoms with Crippen molar-refractivity contribution in [2.75, 3.05) is 20.1 Å². The van der Waals surface area contributed by atoms with Gasteiger partial charge in [-0.15, -0.1) is 0 Å². The molecule has 4 heteroatoms. The third-order valence-corrected chi connectivity index (χ3v) is 4.74. The predicted molar refractivity (Wildman–Crippen MR) is 97.2 cm³/mol. The van der Waals surface area contributed by atoms with Gasteiger partial charge in [0.1, 0.15) is 0 Å². The number of amides is 1. The zero-order valence-electron chi connectivity index (χ0n) is 15.2. The fourth-order valence-corrected chi connectivity index (χ4v) is 3.24. The molecule has 1 heterocycles. The molecule has 0 saturated carbocycles. The molecule has 132 valence electrons. The highest BCUT2D eigenvalue weighted by molar-refractivity contribution is 5.98. The topological polar surface area (TPSA) is 49.4 Å². The number of nitrogens with zero attached hydrogens (tertiary/aromatic N) is 1. The lowest BCUT2D eigenvalue weighted by Gasteiger charge is -2.31. The van der Waals surface area contributed by atoms with Crippen LogP contribution in [0.15, 0.2) is 24.3 Å². The second-order valence-electron chi connectivity index (χ2n) is 7.20. The summed E-state index contributed by atoms with van der Waals surface area (Å²) in [5.41, 5.74) is 1.96. The number of nitrogens with one attached hydrogen (secondary N) is 1. The Labute approximate surface area is 145 Å². The van der Waals surface area contributed by atoms with Gasteiger partial charge in [-0.3, -0.25) is 9.59 Å². The summed E-state index contributed by atoms with van der Waals surface area (Å²) in [6.07, 6.45) is 3.60. The van der Waals surface area contributed by atoms with E-state index in [0.717, 1.165) is 32.4 Å². The van der Waals surface area contributed by atoms with Gasteiger partial charge in [0, 0.05) is 31.5 Å². The monoisotopic (exact) mass is 330 g/mol. The van der Waals surface area contributed by atoms with Crippen LogP contribution in [0.5, 0.6) is 0 Å². The standard InChI is InChI=1S/C20H30N2O2/c1-15(2)14-16-4-6-17(7-5-16)19(23)8-9-20(24)22(3)18-10-12-21-13-11-18/h4-7,15,18,21H,8-14H2,1-3H3. The van der Waals surface area contributed by atoms with Crippen molar-refractivity contribution in [3.8, 4) is 0 Å². The second kappa shape index (κ2) is 8.97. The average molecular weight is 330 g/mol. The lowest BCUT2D eigenvalue weighted by atomic mass is 9.99. The van der Waals surface area contributed by atoms with Gasteiger partial charge in [0.05, 0.1) is 0 Å². The van der Waals surface area contributed by atoms with Gasteiger partial charge < -0.3 is 10.2 Å². The Bertz CT molecular complexity index is 545. The first kappa shape index (κ1) is 18.7. The van der Waals surface area contributed by atoms with E-state index in [1.165, 1.54) is 5.56 Å². The van der Waals surface area contributed by atoms with Crippen LogP contribution in [-0.4, -0.2) is 42.8 Å². The molecule has 1 saturated heterocycles. The number of carbonyl (C=O) groups is 2. The van der Waals surface area contributed by atoms with E-state index in [-0.39, 0.29) is 18.1 Å². The molecular formula is C20H30N2O2. The largest absolute Gasteiger partial charge is 0.343 e. The van der Waals surface area contributed by atoms with Gasteiger partial charge in [-0.1, -0.05) is 38.1 Å². The van der Waals surface area contributed by atoms with Gasteiger partial charge in [0.25, 0.3) is 0 Å². The molecule has 1 amide bonds. The number of rotatable bonds is 7. The van der Waals surface area contributed by atoms with Crippen LogP contribution >= 0.6 is 0 Å². The normalized spacial score (nSPS) is 15.5. The van der Waals surface area contributed by atoms with E-state index in [4.69, 9.17) is 0 Å². The number of ketones is 1. The van der Waals surface area contributed by atoms with Crippen LogP contribution in [0.3, 0.4) is 0 Å². The molecule has 1 aromatic carbocycles. The van der Waals surface area contributed by atoms with Crippen molar-refractivity contribution in [2.45, 2.75) is 52.0 Å². The van der Waals surface area contributed by atoms with Crippen LogP contribution in [0.2, 0.25) is 0 Å². The zero-order chi connectivity index (χ0) is 17.5. The van der Waals surface area contributed by atoms with Gasteiger partial charge in [-0.2, -0.15) is 0 Å². The van der Waals surface area contributed by atoms with Crippen molar-refractivity contribution in [1.29, 1.82) is 0 Å². The fraction of sp³-hybridized carbons (Fsp3) is 0.600. The summed E-state index contributed by atoms with van der Waals surface area (Å²) < 4.78 is 0. The van der Waals surface area contributed by atoms with Gasteiger partial charge in [-0.25, -0.2) is 0 Å². The van der Waals surface area contributed by atoms with E-state index < -0.39 is 0 Å². The summed E-state index contributed by atoms with van der Waals surface area (Å²) >= 11 is 0. The summed E-state index contributed by atoms with van der Waals surface area (Å²) in [4.78, 5) is 26.4. The van der Waals surface area contributed by atoms with Gasteiger partial charge in [0.15, 0.2) is 5.78 Å². The summed E-state index contributed by atoms with van der Waals surface area (Å²) in [6.45, 7) is 6.29. The molecule has 0 radical (unpaired) electrons. The Morgan fingerprint density at radius 1 is 1.12 bits per heavy atom. The van der Waals surface area contributed by atoms with E-state index >= 15 is 0 Å². The van der Waals surface area contributed by atoms with Crippen LogP contribution in [0.4, 0.5) is 0 Å². The lowest BCUT2D eigenvalue weighted by Crippen LogP contribution is -2.44. The number of carbonyl (C=O) groups excluding carboxylic acids is 2. The quantitative estimate of drug-likeness (QED) is 0.782. The molecular weight excluding hydrogens is 300 g/mol. The van der Waals surface area contributed by atoms with E-state index in [2.05, 4.69) is 19.2 Å². The minimum atomic E-state index is 0.0538. The molecule has 1 aliphatic heterocycles. The summed E-state index contributed by atoms with van der Waals surface area (Å²) in [5, 5.41) is 3.30. The summed E-state index contributed by atoms with van der Waals surface area (Å²) in [6, 6.07) is 8.14. The first-order valence-corrected chi connectivity index (χ1v) is 9.06. The summed E-state index contributed by atoms with van der Waals surface area (Å²) in [5.74, 6) is 0.736. The molecule has 1 N–H and O–H groups in total. The molecule has 2 rings (SSSR count). The van der Waals surface area contributed by atoms with E-state index in [0.29, 0.717) is 23.9 Å². The van der Waals surface area contributed by atoms with Crippen molar-refractivity contribution in [1.82, 2.24) is 10.2 Å². The predicted octanol–water partition coefficient (Wildman–Crippen LogP) is 3.06. The highest BCUT2D eigenvalue weighted by atomic mass is 16.2. The molecule has 0 spiro atoms. The first-order valence-electron chi connectivity index (χ1n) is 9.06. The van der Waals surface area contributed by atoms with E-state index in [9.17, 15) is 9.59 Å². The Hall–Kier alpha value is -1.68. The van der Waals surface area contributed by atoms with Crippen LogP contribution in [-0.2, 0) is 11.2 Å². The SMILES string of the molecule is CC(C)Cc1ccc(C(=O)CCC(=O)N(C)C2CCNCC2)cc1. The number of hydrogen-bond donors (Lipinski definition) is 1. The highest BCUT2D eigenvalue weighted by Gasteiger charge is 2.22. The maximum atomic E-state index is 12.3. The Balaban J connectivity index is 1.82. The van der Waals surface area contributed by atoms with E-state index in [1.54, 1.807) is 0 Å². The third kappa shape index (κ3) is 5.45. The number of Topliss-reactive ketones (excluding diaryl/α,β-unsaturated/α-hetero) is 1. The molecule has 1 aromatic rings. The Morgan fingerprint density at radius 3 is 2.33 bits per heavy atom. The van der Waals surface area contributed by atoms with Crippen molar-refractivity contribution in [3.05, 3.63) is 35.4 Å². The Kier molecular flexibility index (Phi) is 6.98. The molecule has 1 fully saturated rings. The van der Waals surface area contributed by atoms with Crippen molar-refractivity contribution >= 4 is 11.7 Å². The molecule has 0 aliphatic carbocycles. The maximum Gasteiger partial charge on any atom is 0.223 e. The first-order chi connectivity index (χ1) is 11.5. The van der Waals surface area contributed by atoms with Crippen molar-refractivity contribution in [3.63, 3.8) is 0 Å². The zero-order valence-corrected chi connectivity index (χ0v) is 15.2. The number of piperidine rings is 1. The van der Waals surface area contributed by atoms with Crippen LogP contribution in [0.1, 0.15) is 55.5 Å². The molecule has 0 atom stereocenters. The lowest BCUT2D eigenvalue weighted by molar-refractivity contribution is -0.132. The smallest absolute Gasteiger partial charge is 0.223 e. The van der Waals surface area contributed by atoms with E-state index in [1.807, 2.05) is 36.2 Å². The third-order valence-electron chi connectivity index (χ3n) is 4.74. The highest BCUT2D eigenvalue weighted by Crippen LogP contribution is 2.14. The van der Waals surface area contributed by atoms with Crippen LogP contribution < -0.4 is 5.32 Å². The van der Waals surface area contributed by atoms with Crippen molar-refractivity contribution in [2.24, 2.45) is 5.92 Å². The summed E-state index contributed by atoms with van der Waals surface area (Å²) in [7, 11) is 1.86. The van der Waals surface area contributed by atoms with Crippen LogP contribution in [0, 0.1) is 5.92 Å². The Morgan fingerprint density at radius 2 is 1.75 bits per heavy atom. The molecule has 0 unspecified atom stereocenters. The molecule has 24 heavy (non-hydrogen) atoms. The number of benzene rings is 1. The maximum absolute atomic E-state index is 12.3. The van der Waals surface area contributed by atoms with Gasteiger partial charge >= 0.3 is 0 Å². The molecule has 0 aromatic heterocycles. The molecule has 4 nitrogen and oxygen atoms in total. The van der Waals surface area contributed by atoms with Crippen molar-refractivity contribution < 1.29 is 9.59 Å². The molecule has 0 bridgehead atoms. The van der Waals surface area contributed by atoms with Gasteiger partial charge in [-0.05, 0) is 43.8 Å². The van der Waals surface area contributed by atoms with Crippen LogP contribution in [0.25, 0.3) is 0 Å². The van der Waals surface area contributed by atoms with Gasteiger partial charge in [0.2, 0.25) is 5.91 Å². The average Bonchev–Trinajstić information content (AvgIpc) is 2.59.